The predicted octanol–water partition coefficient (Wildman–Crippen LogP) is 3.92. The molecule has 0 spiro atoms. The second kappa shape index (κ2) is 6.53. The number of rotatable bonds is 5. The molecule has 3 heteroatoms. The monoisotopic (exact) mass is 273 g/mol. The Bertz CT molecular complexity index is 596. The van der Waals surface area contributed by atoms with Crippen molar-refractivity contribution in [1.82, 2.24) is 5.32 Å². The zero-order valence-electron chi connectivity index (χ0n) is 12.2. The molecule has 0 radical (unpaired) electrons. The van der Waals surface area contributed by atoms with Crippen molar-refractivity contribution in [3.8, 4) is 16.9 Å². The molecule has 2 aromatic carbocycles. The molecule has 0 unspecified atom stereocenters. The number of ether oxygens (including phenoxy) is 1. The van der Waals surface area contributed by atoms with Crippen molar-refractivity contribution < 1.29 is 9.13 Å². The Hall–Kier alpha value is -1.87. The van der Waals surface area contributed by atoms with Gasteiger partial charge in [-0.3, -0.25) is 0 Å². The Morgan fingerprint density at radius 3 is 2.60 bits per heavy atom. The molecule has 1 N–H and O–H groups in total. The van der Waals surface area contributed by atoms with E-state index in [9.17, 15) is 4.39 Å². The van der Waals surface area contributed by atoms with Crippen molar-refractivity contribution in [2.45, 2.75) is 20.4 Å². The number of hydrogen-bond acceptors (Lipinski definition) is 2. The Labute approximate surface area is 119 Å². The van der Waals surface area contributed by atoms with Gasteiger partial charge in [-0.25, -0.2) is 4.39 Å². The average molecular weight is 273 g/mol. The lowest BCUT2D eigenvalue weighted by Gasteiger charge is -2.12. The van der Waals surface area contributed by atoms with Gasteiger partial charge in [0.05, 0.1) is 7.11 Å². The first-order valence-electron chi connectivity index (χ1n) is 6.80. The van der Waals surface area contributed by atoms with Crippen molar-refractivity contribution in [2.24, 2.45) is 0 Å². The van der Waals surface area contributed by atoms with Gasteiger partial charge in [0.15, 0.2) is 0 Å². The molecule has 0 aliphatic rings. The summed E-state index contributed by atoms with van der Waals surface area (Å²) in [7, 11) is 1.66. The normalized spacial score (nSPS) is 10.6. The molecule has 0 aliphatic carbocycles. The van der Waals surface area contributed by atoms with Gasteiger partial charge in [0, 0.05) is 6.54 Å². The minimum absolute atomic E-state index is 0.202. The van der Waals surface area contributed by atoms with Gasteiger partial charge in [-0.05, 0) is 60.0 Å². The second-order valence-electron chi connectivity index (χ2n) is 4.77. The van der Waals surface area contributed by atoms with E-state index in [2.05, 4.69) is 11.4 Å². The van der Waals surface area contributed by atoms with Gasteiger partial charge in [-0.15, -0.1) is 0 Å². The van der Waals surface area contributed by atoms with Crippen LogP contribution < -0.4 is 10.1 Å². The maximum atomic E-state index is 13.4. The molecular formula is C17H20FNO. The molecule has 0 fully saturated rings. The number of benzene rings is 2. The second-order valence-corrected chi connectivity index (χ2v) is 4.77. The van der Waals surface area contributed by atoms with Gasteiger partial charge >= 0.3 is 0 Å². The third-order valence-corrected chi connectivity index (χ3v) is 3.34. The third kappa shape index (κ3) is 3.17. The lowest BCUT2D eigenvalue weighted by atomic mass is 9.97. The third-order valence-electron chi connectivity index (χ3n) is 3.34. The summed E-state index contributed by atoms with van der Waals surface area (Å²) in [6.45, 7) is 5.57. The summed E-state index contributed by atoms with van der Waals surface area (Å²) < 4.78 is 18.7. The van der Waals surface area contributed by atoms with Crippen LogP contribution in [0.4, 0.5) is 4.39 Å². The summed E-state index contributed by atoms with van der Waals surface area (Å²) in [5.41, 5.74) is 4.18. The maximum Gasteiger partial charge on any atom is 0.123 e. The molecule has 0 aliphatic heterocycles. The molecule has 2 nitrogen and oxygen atoms in total. The van der Waals surface area contributed by atoms with E-state index in [1.54, 1.807) is 13.2 Å². The number of nitrogens with one attached hydrogen (secondary N) is 1. The van der Waals surface area contributed by atoms with Gasteiger partial charge in [0.1, 0.15) is 11.6 Å². The van der Waals surface area contributed by atoms with E-state index < -0.39 is 0 Å². The summed E-state index contributed by atoms with van der Waals surface area (Å²) in [6, 6.07) is 11.0. The molecule has 0 atom stereocenters. The molecule has 0 saturated carbocycles. The van der Waals surface area contributed by atoms with E-state index in [1.165, 1.54) is 6.07 Å². The number of aryl methyl sites for hydroxylation is 1. The fourth-order valence-electron chi connectivity index (χ4n) is 2.30. The fraction of sp³-hybridized carbons (Fsp3) is 0.294. The summed E-state index contributed by atoms with van der Waals surface area (Å²) in [5, 5.41) is 3.25. The quantitative estimate of drug-likeness (QED) is 0.891. The summed E-state index contributed by atoms with van der Waals surface area (Å²) >= 11 is 0. The van der Waals surface area contributed by atoms with Crippen LogP contribution in [-0.2, 0) is 6.54 Å². The molecular weight excluding hydrogens is 253 g/mol. The topological polar surface area (TPSA) is 21.3 Å². The molecule has 20 heavy (non-hydrogen) atoms. The van der Waals surface area contributed by atoms with Crippen LogP contribution in [0, 0.1) is 12.7 Å². The Kier molecular flexibility index (Phi) is 4.74. The van der Waals surface area contributed by atoms with Crippen LogP contribution in [0.25, 0.3) is 11.1 Å². The molecule has 0 bridgehead atoms. The largest absolute Gasteiger partial charge is 0.496 e. The van der Waals surface area contributed by atoms with Crippen LogP contribution in [0.15, 0.2) is 36.4 Å². The number of methoxy groups -OCH3 is 1. The van der Waals surface area contributed by atoms with Crippen molar-refractivity contribution >= 4 is 0 Å². The van der Waals surface area contributed by atoms with Crippen LogP contribution in [0.3, 0.4) is 0 Å². The molecule has 0 amide bonds. The zero-order chi connectivity index (χ0) is 14.5. The lowest BCUT2D eigenvalue weighted by Crippen LogP contribution is -2.12. The van der Waals surface area contributed by atoms with Crippen LogP contribution in [0.5, 0.6) is 5.75 Å². The van der Waals surface area contributed by atoms with Crippen LogP contribution in [0.2, 0.25) is 0 Å². The van der Waals surface area contributed by atoms with Gasteiger partial charge in [0.25, 0.3) is 0 Å². The van der Waals surface area contributed by atoms with Crippen molar-refractivity contribution in [2.75, 3.05) is 13.7 Å². The molecule has 0 saturated heterocycles. The summed E-state index contributed by atoms with van der Waals surface area (Å²) in [6.07, 6.45) is 0. The first-order chi connectivity index (χ1) is 9.65. The molecule has 106 valence electrons. The highest BCUT2D eigenvalue weighted by Crippen LogP contribution is 2.29. The summed E-state index contributed by atoms with van der Waals surface area (Å²) in [4.78, 5) is 0. The molecule has 0 aromatic heterocycles. The SMILES string of the molecule is CCNCc1cc(F)ccc1-c1ccc(OC)c(C)c1. The van der Waals surface area contributed by atoms with Gasteiger partial charge in [-0.1, -0.05) is 19.1 Å². The van der Waals surface area contributed by atoms with E-state index in [0.717, 1.165) is 34.5 Å². The van der Waals surface area contributed by atoms with Crippen LogP contribution in [-0.4, -0.2) is 13.7 Å². The first-order valence-corrected chi connectivity index (χ1v) is 6.80. The van der Waals surface area contributed by atoms with E-state index in [1.807, 2.05) is 32.0 Å². The number of hydrogen-bond donors (Lipinski definition) is 1. The van der Waals surface area contributed by atoms with E-state index in [4.69, 9.17) is 4.74 Å². The highest BCUT2D eigenvalue weighted by molar-refractivity contribution is 5.69. The Morgan fingerprint density at radius 2 is 1.95 bits per heavy atom. The van der Waals surface area contributed by atoms with E-state index in [-0.39, 0.29) is 5.82 Å². The molecule has 0 heterocycles. The van der Waals surface area contributed by atoms with Crippen molar-refractivity contribution in [1.29, 1.82) is 0 Å². The fourth-order valence-corrected chi connectivity index (χ4v) is 2.30. The average Bonchev–Trinajstić information content (AvgIpc) is 2.45. The van der Waals surface area contributed by atoms with Crippen molar-refractivity contribution in [3.63, 3.8) is 0 Å². The number of halogens is 1. The minimum atomic E-state index is -0.202. The van der Waals surface area contributed by atoms with E-state index in [0.29, 0.717) is 6.54 Å². The van der Waals surface area contributed by atoms with Gasteiger partial charge < -0.3 is 10.1 Å². The zero-order valence-corrected chi connectivity index (χ0v) is 12.2. The minimum Gasteiger partial charge on any atom is -0.496 e. The smallest absolute Gasteiger partial charge is 0.123 e. The lowest BCUT2D eigenvalue weighted by molar-refractivity contribution is 0.412. The van der Waals surface area contributed by atoms with Crippen LogP contribution in [0.1, 0.15) is 18.1 Å². The standard InChI is InChI=1S/C17H20FNO/c1-4-19-11-14-10-15(18)6-7-16(14)13-5-8-17(20-3)12(2)9-13/h5-10,19H,4,11H2,1-3H3. The maximum absolute atomic E-state index is 13.4. The Balaban J connectivity index is 2.43. The van der Waals surface area contributed by atoms with Crippen molar-refractivity contribution in [3.05, 3.63) is 53.3 Å². The van der Waals surface area contributed by atoms with Crippen LogP contribution >= 0.6 is 0 Å². The molecule has 2 aromatic rings. The first kappa shape index (κ1) is 14.5. The highest BCUT2D eigenvalue weighted by atomic mass is 19.1. The summed E-state index contributed by atoms with van der Waals surface area (Å²) in [5.74, 6) is 0.663. The van der Waals surface area contributed by atoms with Gasteiger partial charge in [0.2, 0.25) is 0 Å². The van der Waals surface area contributed by atoms with Gasteiger partial charge in [-0.2, -0.15) is 0 Å². The predicted molar refractivity (Wildman–Crippen MR) is 80.5 cm³/mol. The van der Waals surface area contributed by atoms with E-state index >= 15 is 0 Å². The molecule has 2 rings (SSSR count). The highest BCUT2D eigenvalue weighted by Gasteiger charge is 2.08. The Morgan fingerprint density at radius 1 is 1.15 bits per heavy atom.